The number of fused-ring (bicyclic) bond motifs is 1. The third-order valence-corrected chi connectivity index (χ3v) is 6.15. The van der Waals surface area contributed by atoms with Crippen LogP contribution >= 0.6 is 11.6 Å². The quantitative estimate of drug-likeness (QED) is 0.505. The van der Waals surface area contributed by atoms with Gasteiger partial charge in [0.1, 0.15) is 5.02 Å². The van der Waals surface area contributed by atoms with Crippen LogP contribution in [0.1, 0.15) is 19.3 Å². The Balaban J connectivity index is 1.51. The van der Waals surface area contributed by atoms with Crippen molar-refractivity contribution in [2.45, 2.75) is 19.3 Å². The zero-order valence-corrected chi connectivity index (χ0v) is 18.8. The van der Waals surface area contributed by atoms with Crippen LogP contribution in [0.2, 0.25) is 5.02 Å². The molecule has 0 amide bonds. The molecule has 8 nitrogen and oxygen atoms in total. The summed E-state index contributed by atoms with van der Waals surface area (Å²) in [5.41, 5.74) is 3.02. The van der Waals surface area contributed by atoms with Crippen molar-refractivity contribution in [2.75, 3.05) is 23.3 Å². The molecule has 9 heteroatoms. The molecule has 0 bridgehead atoms. The third-order valence-electron chi connectivity index (χ3n) is 5.87. The maximum Gasteiger partial charge on any atom is 0.258 e. The van der Waals surface area contributed by atoms with E-state index in [-0.39, 0.29) is 5.56 Å². The monoisotopic (exact) mass is 449 g/mol. The lowest BCUT2D eigenvalue weighted by Crippen LogP contribution is -2.31. The van der Waals surface area contributed by atoms with E-state index in [1.54, 1.807) is 28.7 Å². The molecule has 1 saturated heterocycles. The summed E-state index contributed by atoms with van der Waals surface area (Å²) in [7, 11) is 3.62. The first-order valence-corrected chi connectivity index (χ1v) is 11.0. The number of hydrogen-bond donors (Lipinski definition) is 1. The predicted octanol–water partition coefficient (Wildman–Crippen LogP) is 4.12. The number of nitrogens with one attached hydrogen (secondary N) is 1. The average molecular weight is 450 g/mol. The van der Waals surface area contributed by atoms with Crippen LogP contribution in [-0.2, 0) is 14.1 Å². The van der Waals surface area contributed by atoms with Gasteiger partial charge in [-0.15, -0.1) is 0 Å². The van der Waals surface area contributed by atoms with Gasteiger partial charge in [-0.1, -0.05) is 11.6 Å². The number of benzene rings is 1. The Labute approximate surface area is 190 Å². The van der Waals surface area contributed by atoms with Gasteiger partial charge in [-0.3, -0.25) is 9.48 Å². The summed E-state index contributed by atoms with van der Waals surface area (Å²) in [4.78, 5) is 24.2. The minimum absolute atomic E-state index is 0.0590. The predicted molar refractivity (Wildman–Crippen MR) is 128 cm³/mol. The summed E-state index contributed by atoms with van der Waals surface area (Å²) in [6.07, 6.45) is 8.73. The molecule has 1 aliphatic heterocycles. The molecule has 0 saturated carbocycles. The van der Waals surface area contributed by atoms with E-state index in [0.29, 0.717) is 22.4 Å². The molecule has 1 N–H and O–H groups in total. The van der Waals surface area contributed by atoms with Crippen molar-refractivity contribution in [1.29, 1.82) is 0 Å². The summed E-state index contributed by atoms with van der Waals surface area (Å²) in [6.45, 7) is 1.92. The Morgan fingerprint density at radius 2 is 1.88 bits per heavy atom. The molecule has 0 atom stereocenters. The van der Waals surface area contributed by atoms with Crippen LogP contribution in [0.4, 0.5) is 17.5 Å². The number of rotatable bonds is 4. The van der Waals surface area contributed by atoms with Crippen LogP contribution < -0.4 is 15.8 Å². The van der Waals surface area contributed by atoms with Crippen molar-refractivity contribution in [3.05, 3.63) is 58.2 Å². The van der Waals surface area contributed by atoms with E-state index >= 15 is 0 Å². The van der Waals surface area contributed by atoms with Crippen molar-refractivity contribution >= 4 is 40.0 Å². The Morgan fingerprint density at radius 1 is 1.06 bits per heavy atom. The largest absolute Gasteiger partial charge is 0.341 e. The molecule has 1 aliphatic rings. The topological polar surface area (TPSA) is 80.9 Å². The lowest BCUT2D eigenvalue weighted by molar-refractivity contribution is 0.568. The molecule has 0 aliphatic carbocycles. The van der Waals surface area contributed by atoms with Gasteiger partial charge < -0.3 is 14.8 Å². The number of pyridine rings is 1. The maximum absolute atomic E-state index is 12.9. The standard InChI is InChI=1S/C23H24ClN7O/c1-29-14-16(12-26-29)18-11-15-10-17(6-7-20(15)30(2)22(18)32)27-21-19(24)13-25-23(28-21)31-8-4-3-5-9-31/h6-7,10-14H,3-5,8-9H2,1-2H3,(H,25,27,28). The first-order valence-electron chi connectivity index (χ1n) is 10.7. The second-order valence-corrected chi connectivity index (χ2v) is 8.54. The highest BCUT2D eigenvalue weighted by atomic mass is 35.5. The summed E-state index contributed by atoms with van der Waals surface area (Å²) in [5, 5.41) is 8.91. The lowest BCUT2D eigenvalue weighted by atomic mass is 10.1. The highest BCUT2D eigenvalue weighted by Gasteiger charge is 2.16. The van der Waals surface area contributed by atoms with Crippen molar-refractivity contribution in [2.24, 2.45) is 14.1 Å². The summed E-state index contributed by atoms with van der Waals surface area (Å²) >= 11 is 6.40. The second-order valence-electron chi connectivity index (χ2n) is 8.14. The number of nitrogens with zero attached hydrogens (tertiary/aromatic N) is 6. The fraction of sp³-hybridized carbons (Fsp3) is 0.304. The van der Waals surface area contributed by atoms with Gasteiger partial charge in [0.05, 0.1) is 23.5 Å². The minimum Gasteiger partial charge on any atom is -0.341 e. The highest BCUT2D eigenvalue weighted by molar-refractivity contribution is 6.32. The molecule has 1 fully saturated rings. The fourth-order valence-electron chi connectivity index (χ4n) is 4.16. The van der Waals surface area contributed by atoms with Crippen molar-refractivity contribution in [3.63, 3.8) is 0 Å². The van der Waals surface area contributed by atoms with Crippen LogP contribution in [0, 0.1) is 0 Å². The lowest BCUT2D eigenvalue weighted by Gasteiger charge is -2.26. The average Bonchev–Trinajstić information content (AvgIpc) is 3.24. The smallest absolute Gasteiger partial charge is 0.258 e. The molecule has 0 unspecified atom stereocenters. The van der Waals surface area contributed by atoms with Gasteiger partial charge in [0.25, 0.3) is 5.56 Å². The molecule has 4 heterocycles. The molecule has 4 aromatic rings. The number of hydrogen-bond acceptors (Lipinski definition) is 6. The van der Waals surface area contributed by atoms with Gasteiger partial charge in [-0.2, -0.15) is 10.1 Å². The zero-order chi connectivity index (χ0) is 22.2. The normalized spacial score (nSPS) is 14.2. The third kappa shape index (κ3) is 3.82. The van der Waals surface area contributed by atoms with E-state index in [0.717, 1.165) is 48.1 Å². The van der Waals surface area contributed by atoms with Crippen LogP contribution in [0.25, 0.3) is 22.0 Å². The van der Waals surface area contributed by atoms with Crippen LogP contribution in [-0.4, -0.2) is 37.4 Å². The number of piperidine rings is 1. The molecular formula is C23H24ClN7O. The van der Waals surface area contributed by atoms with E-state index in [1.165, 1.54) is 6.42 Å². The van der Waals surface area contributed by atoms with E-state index in [2.05, 4.69) is 25.3 Å². The Bertz CT molecular complexity index is 1350. The van der Waals surface area contributed by atoms with Gasteiger partial charge in [-0.25, -0.2) is 4.98 Å². The van der Waals surface area contributed by atoms with E-state index in [4.69, 9.17) is 11.6 Å². The fourth-order valence-corrected chi connectivity index (χ4v) is 4.29. The molecule has 0 radical (unpaired) electrons. The van der Waals surface area contributed by atoms with Gasteiger partial charge in [0.15, 0.2) is 5.82 Å². The molecule has 5 rings (SSSR count). The molecule has 32 heavy (non-hydrogen) atoms. The molecule has 164 valence electrons. The van der Waals surface area contributed by atoms with E-state index in [9.17, 15) is 4.79 Å². The van der Waals surface area contributed by atoms with Gasteiger partial charge in [-0.05, 0) is 43.5 Å². The minimum atomic E-state index is -0.0590. The molecule has 0 spiro atoms. The number of aromatic nitrogens is 5. The Hall–Kier alpha value is -3.39. The summed E-state index contributed by atoms with van der Waals surface area (Å²) in [5.74, 6) is 1.26. The van der Waals surface area contributed by atoms with Gasteiger partial charge >= 0.3 is 0 Å². The van der Waals surface area contributed by atoms with Crippen molar-refractivity contribution < 1.29 is 0 Å². The van der Waals surface area contributed by atoms with Crippen LogP contribution in [0.5, 0.6) is 0 Å². The van der Waals surface area contributed by atoms with E-state index < -0.39 is 0 Å². The van der Waals surface area contributed by atoms with E-state index in [1.807, 2.05) is 37.5 Å². The van der Waals surface area contributed by atoms with Crippen LogP contribution in [0.3, 0.4) is 0 Å². The molecule has 3 aromatic heterocycles. The number of anilines is 3. The second kappa shape index (κ2) is 8.27. The summed E-state index contributed by atoms with van der Waals surface area (Å²) < 4.78 is 3.35. The molecular weight excluding hydrogens is 426 g/mol. The Morgan fingerprint density at radius 3 is 2.62 bits per heavy atom. The summed E-state index contributed by atoms with van der Waals surface area (Å²) in [6, 6.07) is 7.74. The maximum atomic E-state index is 12.9. The molecule has 1 aromatic carbocycles. The first-order chi connectivity index (χ1) is 15.5. The highest BCUT2D eigenvalue weighted by Crippen LogP contribution is 2.28. The van der Waals surface area contributed by atoms with Crippen molar-refractivity contribution in [1.82, 2.24) is 24.3 Å². The van der Waals surface area contributed by atoms with Gasteiger partial charge in [0.2, 0.25) is 5.95 Å². The SMILES string of the molecule is Cn1cc(-c2cc3cc(Nc4nc(N5CCCCC5)ncc4Cl)ccc3n(C)c2=O)cn1. The van der Waals surface area contributed by atoms with Crippen molar-refractivity contribution in [3.8, 4) is 11.1 Å². The van der Waals surface area contributed by atoms with Crippen LogP contribution in [0.15, 0.2) is 47.7 Å². The zero-order valence-electron chi connectivity index (χ0n) is 18.0. The van der Waals surface area contributed by atoms with Gasteiger partial charge in [0, 0.05) is 50.0 Å². The number of halogens is 1. The Kier molecular flexibility index (Phi) is 5.30. The number of aryl methyl sites for hydroxylation is 2. The first kappa shape index (κ1) is 20.5.